The Labute approximate surface area is 196 Å². The molecule has 0 aliphatic carbocycles. The number of amides is 1. The maximum atomic E-state index is 14.3. The van der Waals surface area contributed by atoms with Gasteiger partial charge < -0.3 is 10.0 Å². The molecule has 2 aromatic carbocycles. The molecule has 34 heavy (non-hydrogen) atoms. The van der Waals surface area contributed by atoms with Gasteiger partial charge in [0.2, 0.25) is 10.0 Å². The Hall–Kier alpha value is -3.63. The van der Waals surface area contributed by atoms with Gasteiger partial charge >= 0.3 is 0 Å². The molecule has 0 unspecified atom stereocenters. The highest BCUT2D eigenvalue weighted by Crippen LogP contribution is 2.32. The quantitative estimate of drug-likeness (QED) is 0.453. The predicted octanol–water partition coefficient (Wildman–Crippen LogP) is 3.08. The van der Waals surface area contributed by atoms with Crippen LogP contribution >= 0.6 is 0 Å². The first-order valence-corrected chi connectivity index (χ1v) is 12.3. The summed E-state index contributed by atoms with van der Waals surface area (Å²) in [5, 5.41) is 9.60. The second-order valence-electron chi connectivity index (χ2n) is 8.06. The van der Waals surface area contributed by atoms with Gasteiger partial charge in [-0.1, -0.05) is 11.6 Å². The van der Waals surface area contributed by atoms with E-state index in [9.17, 15) is 17.6 Å². The van der Waals surface area contributed by atoms with E-state index in [2.05, 4.69) is 9.97 Å². The largest absolute Gasteiger partial charge is 0.395 e. The summed E-state index contributed by atoms with van der Waals surface area (Å²) in [6.45, 7) is 1.84. The van der Waals surface area contributed by atoms with Crippen molar-refractivity contribution in [3.05, 3.63) is 71.9 Å². The lowest BCUT2D eigenvalue weighted by Crippen LogP contribution is -2.29. The van der Waals surface area contributed by atoms with E-state index in [0.717, 1.165) is 15.8 Å². The van der Waals surface area contributed by atoms with Gasteiger partial charge in [-0.15, -0.1) is 0 Å². The third-order valence-electron chi connectivity index (χ3n) is 5.48. The van der Waals surface area contributed by atoms with Crippen LogP contribution in [0.25, 0.3) is 33.4 Å². The Kier molecular flexibility index (Phi) is 6.20. The number of aromatic nitrogens is 3. The van der Waals surface area contributed by atoms with Crippen LogP contribution in [0, 0.1) is 12.7 Å². The van der Waals surface area contributed by atoms with Crippen LogP contribution < -0.4 is 0 Å². The summed E-state index contributed by atoms with van der Waals surface area (Å²) < 4.78 is 40.2. The maximum Gasteiger partial charge on any atom is 0.253 e. The Balaban J connectivity index is 1.84. The number of benzene rings is 2. The molecule has 4 aromatic rings. The standard InChI is InChI=1S/C24H23FN4O4S/c1-15-4-6-21(25)18(10-15)17-12-26-23(27-13-17)20-14-29(34(3,32)33)22-7-5-16(11-19(20)22)24(31)28(2)8-9-30/h4-7,10-14,30H,8-9H2,1-3H3. The molecule has 2 aromatic heterocycles. The molecule has 0 aliphatic rings. The van der Waals surface area contributed by atoms with Gasteiger partial charge in [-0.3, -0.25) is 4.79 Å². The Morgan fingerprint density at radius 1 is 1.12 bits per heavy atom. The van der Waals surface area contributed by atoms with Crippen molar-refractivity contribution < 1.29 is 22.7 Å². The minimum Gasteiger partial charge on any atom is -0.395 e. The van der Waals surface area contributed by atoms with Crippen molar-refractivity contribution in [1.82, 2.24) is 18.8 Å². The Morgan fingerprint density at radius 3 is 2.47 bits per heavy atom. The van der Waals surface area contributed by atoms with Crippen LogP contribution in [-0.4, -0.2) is 64.7 Å². The summed E-state index contributed by atoms with van der Waals surface area (Å²) in [4.78, 5) is 22.8. The number of hydrogen-bond acceptors (Lipinski definition) is 6. The minimum atomic E-state index is -3.65. The van der Waals surface area contributed by atoms with Crippen molar-refractivity contribution in [2.45, 2.75) is 6.92 Å². The summed E-state index contributed by atoms with van der Waals surface area (Å²) in [6, 6.07) is 9.42. The molecule has 0 radical (unpaired) electrons. The van der Waals surface area contributed by atoms with Crippen LogP contribution in [0.4, 0.5) is 4.39 Å². The monoisotopic (exact) mass is 482 g/mol. The molecule has 0 saturated carbocycles. The first-order valence-electron chi connectivity index (χ1n) is 10.4. The molecule has 0 atom stereocenters. The number of nitrogens with zero attached hydrogens (tertiary/aromatic N) is 4. The van der Waals surface area contributed by atoms with E-state index in [0.29, 0.717) is 33.2 Å². The van der Waals surface area contributed by atoms with Crippen LogP contribution in [0.2, 0.25) is 0 Å². The number of aliphatic hydroxyl groups is 1. The first kappa shape index (κ1) is 23.5. The Morgan fingerprint density at radius 2 is 1.82 bits per heavy atom. The van der Waals surface area contributed by atoms with Gasteiger partial charge in [-0.05, 0) is 37.3 Å². The van der Waals surface area contributed by atoms with E-state index in [1.54, 1.807) is 31.3 Å². The van der Waals surface area contributed by atoms with Crippen molar-refractivity contribution in [3.8, 4) is 22.5 Å². The van der Waals surface area contributed by atoms with Crippen LogP contribution in [0.1, 0.15) is 15.9 Å². The van der Waals surface area contributed by atoms with E-state index < -0.39 is 15.8 Å². The van der Waals surface area contributed by atoms with Gasteiger partial charge in [0.15, 0.2) is 5.82 Å². The number of carbonyl (C=O) groups excluding carboxylic acids is 1. The molecule has 176 valence electrons. The normalized spacial score (nSPS) is 11.7. The van der Waals surface area contributed by atoms with Crippen molar-refractivity contribution in [2.24, 2.45) is 0 Å². The number of rotatable bonds is 6. The van der Waals surface area contributed by atoms with Gasteiger partial charge in [-0.2, -0.15) is 0 Å². The number of aliphatic hydroxyl groups excluding tert-OH is 1. The van der Waals surface area contributed by atoms with Gasteiger partial charge in [0.05, 0.1) is 18.4 Å². The van der Waals surface area contributed by atoms with Gasteiger partial charge in [0, 0.05) is 59.8 Å². The summed E-state index contributed by atoms with van der Waals surface area (Å²) in [7, 11) is -2.09. The smallest absolute Gasteiger partial charge is 0.253 e. The number of likely N-dealkylation sites (N-methyl/N-ethyl adjacent to an activating group) is 1. The summed E-state index contributed by atoms with van der Waals surface area (Å²) >= 11 is 0. The molecule has 8 nitrogen and oxygen atoms in total. The van der Waals surface area contributed by atoms with Crippen LogP contribution in [-0.2, 0) is 10.0 Å². The molecule has 1 N–H and O–H groups in total. The molecule has 10 heteroatoms. The number of carbonyl (C=O) groups is 1. The van der Waals surface area contributed by atoms with E-state index in [1.165, 1.54) is 35.6 Å². The topological polar surface area (TPSA) is 105 Å². The lowest BCUT2D eigenvalue weighted by atomic mass is 10.1. The molecule has 1 amide bonds. The molecule has 0 bridgehead atoms. The highest BCUT2D eigenvalue weighted by Gasteiger charge is 2.20. The average Bonchev–Trinajstić information content (AvgIpc) is 3.20. The first-order chi connectivity index (χ1) is 16.1. The van der Waals surface area contributed by atoms with E-state index in [1.807, 2.05) is 6.92 Å². The average molecular weight is 483 g/mol. The zero-order valence-electron chi connectivity index (χ0n) is 18.9. The minimum absolute atomic E-state index is 0.161. The SMILES string of the molecule is Cc1ccc(F)c(-c2cnc(-c3cn(S(C)(=O)=O)c4ccc(C(=O)N(C)CCO)cc34)nc2)c1. The third-order valence-corrected chi connectivity index (χ3v) is 6.50. The molecule has 0 saturated heterocycles. The summed E-state index contributed by atoms with van der Waals surface area (Å²) in [6.07, 6.45) is 5.45. The molecular weight excluding hydrogens is 459 g/mol. The fourth-order valence-corrected chi connectivity index (χ4v) is 4.54. The second-order valence-corrected chi connectivity index (χ2v) is 9.92. The van der Waals surface area contributed by atoms with E-state index >= 15 is 0 Å². The fourth-order valence-electron chi connectivity index (χ4n) is 3.72. The van der Waals surface area contributed by atoms with Crippen molar-refractivity contribution in [3.63, 3.8) is 0 Å². The van der Waals surface area contributed by atoms with Crippen molar-refractivity contribution >= 4 is 26.8 Å². The molecule has 4 rings (SSSR count). The maximum absolute atomic E-state index is 14.3. The molecule has 0 aliphatic heterocycles. The predicted molar refractivity (Wildman–Crippen MR) is 127 cm³/mol. The Bertz CT molecular complexity index is 1500. The lowest BCUT2D eigenvalue weighted by molar-refractivity contribution is 0.0767. The molecular formula is C24H23FN4O4S. The van der Waals surface area contributed by atoms with Crippen LogP contribution in [0.15, 0.2) is 55.0 Å². The zero-order chi connectivity index (χ0) is 24.6. The highest BCUT2D eigenvalue weighted by atomic mass is 32.2. The third kappa shape index (κ3) is 4.42. The van der Waals surface area contributed by atoms with Gasteiger partial charge in [0.1, 0.15) is 5.82 Å². The van der Waals surface area contributed by atoms with Gasteiger partial charge in [0.25, 0.3) is 5.91 Å². The second kappa shape index (κ2) is 8.96. The van der Waals surface area contributed by atoms with E-state index in [4.69, 9.17) is 5.11 Å². The zero-order valence-corrected chi connectivity index (χ0v) is 19.7. The molecule has 0 spiro atoms. The van der Waals surface area contributed by atoms with E-state index in [-0.39, 0.29) is 24.9 Å². The summed E-state index contributed by atoms with van der Waals surface area (Å²) in [5.74, 6) is -0.483. The number of aryl methyl sites for hydroxylation is 1. The van der Waals surface area contributed by atoms with Crippen LogP contribution in [0.3, 0.4) is 0 Å². The fraction of sp³-hybridized carbons (Fsp3) is 0.208. The highest BCUT2D eigenvalue weighted by molar-refractivity contribution is 7.89. The number of fused-ring (bicyclic) bond motifs is 1. The van der Waals surface area contributed by atoms with Crippen molar-refractivity contribution in [1.29, 1.82) is 0 Å². The number of halogens is 1. The van der Waals surface area contributed by atoms with Gasteiger partial charge in [-0.25, -0.2) is 26.7 Å². The molecule has 2 heterocycles. The summed E-state index contributed by atoms with van der Waals surface area (Å²) in [5.41, 5.74) is 2.85. The lowest BCUT2D eigenvalue weighted by Gasteiger charge is -2.15. The number of hydrogen-bond donors (Lipinski definition) is 1. The van der Waals surface area contributed by atoms with Crippen molar-refractivity contribution in [2.75, 3.05) is 26.5 Å². The van der Waals surface area contributed by atoms with Crippen LogP contribution in [0.5, 0.6) is 0 Å². The molecule has 0 fully saturated rings.